The van der Waals surface area contributed by atoms with E-state index in [0.29, 0.717) is 23.4 Å². The molecule has 47 heavy (non-hydrogen) atoms. The van der Waals surface area contributed by atoms with E-state index in [0.717, 1.165) is 104 Å². The molecule has 2 bridgehead atoms. The maximum absolute atomic E-state index is 13.3. The molecule has 1 unspecified atom stereocenters. The van der Waals surface area contributed by atoms with Crippen LogP contribution in [-0.4, -0.2) is 111 Å². The summed E-state index contributed by atoms with van der Waals surface area (Å²) >= 11 is 1.59. The topological polar surface area (TPSA) is 140 Å². The fraction of sp³-hybridized carbons (Fsp3) is 0.515. The molecule has 4 aliphatic rings. The van der Waals surface area contributed by atoms with Gasteiger partial charge in [0, 0.05) is 63.2 Å². The Hall–Kier alpha value is -4.32. The largest absolute Gasteiger partial charge is 0.382 e. The number of carbonyl (C=O) groups is 1. The van der Waals surface area contributed by atoms with E-state index in [1.165, 1.54) is 0 Å². The number of urea groups is 1. The molecule has 2 amide bonds. The Morgan fingerprint density at radius 3 is 2.55 bits per heavy atom. The summed E-state index contributed by atoms with van der Waals surface area (Å²) in [5.74, 6) is 0.791. The van der Waals surface area contributed by atoms with Gasteiger partial charge in [-0.2, -0.15) is 10.4 Å². The van der Waals surface area contributed by atoms with Gasteiger partial charge in [0.25, 0.3) is 0 Å². The van der Waals surface area contributed by atoms with Crippen molar-refractivity contribution in [2.75, 3.05) is 62.7 Å². The Balaban J connectivity index is 0.956. The number of nitrogens with zero attached hydrogens (tertiary/aromatic N) is 9. The van der Waals surface area contributed by atoms with Crippen LogP contribution in [0.15, 0.2) is 36.7 Å². The van der Waals surface area contributed by atoms with E-state index in [9.17, 15) is 10.1 Å². The predicted octanol–water partition coefficient (Wildman–Crippen LogP) is 3.55. The van der Waals surface area contributed by atoms with E-state index in [2.05, 4.69) is 55.6 Å². The summed E-state index contributed by atoms with van der Waals surface area (Å²) in [7, 11) is 0. The van der Waals surface area contributed by atoms with Crippen molar-refractivity contribution < 1.29 is 9.53 Å². The molecule has 3 atom stereocenters. The van der Waals surface area contributed by atoms with Crippen LogP contribution in [-0.2, 0) is 4.74 Å². The van der Waals surface area contributed by atoms with Crippen molar-refractivity contribution in [3.05, 3.63) is 42.2 Å². The minimum Gasteiger partial charge on any atom is -0.382 e. The monoisotopic (exact) mass is 653 g/mol. The molecular weight excluding hydrogens is 615 g/mol. The van der Waals surface area contributed by atoms with Crippen molar-refractivity contribution in [3.8, 4) is 28.0 Å². The Bertz CT molecular complexity index is 1810. The average molecular weight is 654 g/mol. The van der Waals surface area contributed by atoms with Crippen LogP contribution in [0.1, 0.15) is 32.3 Å². The van der Waals surface area contributed by atoms with Crippen molar-refractivity contribution in [2.24, 2.45) is 11.8 Å². The van der Waals surface area contributed by atoms with E-state index in [1.54, 1.807) is 22.0 Å². The quantitative estimate of drug-likeness (QED) is 0.304. The highest BCUT2D eigenvalue weighted by Gasteiger charge is 2.44. The highest BCUT2D eigenvalue weighted by atomic mass is 32.1. The first-order chi connectivity index (χ1) is 22.9. The minimum absolute atomic E-state index is 0.0834. The zero-order valence-corrected chi connectivity index (χ0v) is 27.5. The van der Waals surface area contributed by atoms with Crippen molar-refractivity contribution in [3.63, 3.8) is 0 Å². The first-order valence-corrected chi connectivity index (χ1v) is 17.4. The molecule has 1 aliphatic carbocycles. The van der Waals surface area contributed by atoms with Crippen molar-refractivity contribution >= 4 is 33.7 Å². The number of nitrogens with one attached hydrogen (secondary N) is 2. The zero-order valence-electron chi connectivity index (χ0n) is 26.7. The molecule has 8 rings (SSSR count). The standard InChI is InChI=1S/C33H39N11O2S/c1-20(2)37-27-12-28(29-6-5-24-11-21(13-34)14-36-44(24)29)35-15-26(27)31-39-40-33(47-31)43-16-22-3-4-23(17-43)30(22)38-32(45)42-9-7-41(8-10-42)25-18-46-19-25/h5-6,11-12,14-15,20,22-23,25,30H,3-4,7-10,16-19H2,1-2H3,(H,35,37)(H,38,45)/t22-,23+,30?. The highest BCUT2D eigenvalue weighted by Crippen LogP contribution is 2.41. The Morgan fingerprint density at radius 1 is 1.06 bits per heavy atom. The molecule has 13 nitrogen and oxygen atoms in total. The van der Waals surface area contributed by atoms with Gasteiger partial charge in [0.15, 0.2) is 5.01 Å². The molecule has 2 N–H and O–H groups in total. The molecular formula is C33H39N11O2S. The molecule has 14 heteroatoms. The number of hydrogen-bond donors (Lipinski definition) is 2. The zero-order chi connectivity index (χ0) is 32.1. The fourth-order valence-electron chi connectivity index (χ4n) is 7.48. The molecule has 3 aliphatic heterocycles. The Kier molecular flexibility index (Phi) is 7.90. The van der Waals surface area contributed by atoms with Gasteiger partial charge in [-0.05, 0) is 62.8 Å². The number of nitriles is 1. The van der Waals surface area contributed by atoms with Gasteiger partial charge in [0.05, 0.1) is 53.5 Å². The lowest BCUT2D eigenvalue weighted by molar-refractivity contribution is -0.0740. The number of piperazine rings is 1. The van der Waals surface area contributed by atoms with Gasteiger partial charge in [-0.1, -0.05) is 11.3 Å². The van der Waals surface area contributed by atoms with Crippen LogP contribution in [0.25, 0.3) is 27.5 Å². The number of aromatic nitrogens is 5. The Labute approximate surface area is 277 Å². The molecule has 0 spiro atoms. The first kappa shape index (κ1) is 30.0. The molecule has 7 heterocycles. The Morgan fingerprint density at radius 2 is 1.85 bits per heavy atom. The van der Waals surface area contributed by atoms with Crippen LogP contribution in [0.3, 0.4) is 0 Å². The van der Waals surface area contributed by atoms with E-state index >= 15 is 0 Å². The number of fused-ring (bicyclic) bond motifs is 3. The number of hydrogen-bond acceptors (Lipinski definition) is 11. The van der Waals surface area contributed by atoms with E-state index < -0.39 is 0 Å². The fourth-order valence-corrected chi connectivity index (χ4v) is 8.36. The summed E-state index contributed by atoms with van der Waals surface area (Å²) < 4.78 is 7.15. The normalized spacial score (nSPS) is 23.2. The number of piperidine rings is 1. The third-order valence-corrected chi connectivity index (χ3v) is 11.0. The van der Waals surface area contributed by atoms with Crippen LogP contribution in [0.4, 0.5) is 15.6 Å². The maximum atomic E-state index is 13.3. The molecule has 3 saturated heterocycles. The van der Waals surface area contributed by atoms with E-state index in [4.69, 9.17) is 9.72 Å². The molecule has 4 aromatic rings. The van der Waals surface area contributed by atoms with Crippen LogP contribution in [0.2, 0.25) is 0 Å². The lowest BCUT2D eigenvalue weighted by Gasteiger charge is -2.43. The summed E-state index contributed by atoms with van der Waals surface area (Å²) in [6.45, 7) is 11.0. The highest BCUT2D eigenvalue weighted by molar-refractivity contribution is 7.18. The second-order valence-electron chi connectivity index (χ2n) is 13.4. The van der Waals surface area contributed by atoms with Gasteiger partial charge >= 0.3 is 6.03 Å². The summed E-state index contributed by atoms with van der Waals surface area (Å²) in [5, 5.41) is 31.7. The number of rotatable bonds is 7. The van der Waals surface area contributed by atoms with Crippen LogP contribution >= 0.6 is 11.3 Å². The SMILES string of the molecule is CC(C)Nc1cc(-c2ccc3cc(C#N)cnn23)ncc1-c1nnc(N2C[C@H]3CC[C@@H](C2)C3NC(=O)N2CCN(C3COC3)CC2)s1. The van der Waals surface area contributed by atoms with Crippen LogP contribution < -0.4 is 15.5 Å². The van der Waals surface area contributed by atoms with Crippen molar-refractivity contribution in [1.82, 2.24) is 39.9 Å². The van der Waals surface area contributed by atoms with Crippen molar-refractivity contribution in [1.29, 1.82) is 5.26 Å². The van der Waals surface area contributed by atoms with Gasteiger partial charge < -0.3 is 25.2 Å². The first-order valence-electron chi connectivity index (χ1n) is 16.5. The van der Waals surface area contributed by atoms with Gasteiger partial charge in [-0.25, -0.2) is 9.31 Å². The third kappa shape index (κ3) is 5.77. The van der Waals surface area contributed by atoms with Gasteiger partial charge in [-0.15, -0.1) is 10.2 Å². The molecule has 0 aromatic carbocycles. The number of carbonyl (C=O) groups excluding carboxylic acids is 1. The van der Waals surface area contributed by atoms with Gasteiger partial charge in [0.1, 0.15) is 6.07 Å². The van der Waals surface area contributed by atoms with E-state index in [1.807, 2.05) is 35.4 Å². The van der Waals surface area contributed by atoms with Crippen LogP contribution in [0, 0.1) is 23.2 Å². The average Bonchev–Trinajstić information content (AvgIpc) is 3.76. The van der Waals surface area contributed by atoms with E-state index in [-0.39, 0.29) is 18.1 Å². The lowest BCUT2D eigenvalue weighted by atomic mass is 9.92. The molecule has 0 radical (unpaired) electrons. The molecule has 4 aromatic heterocycles. The molecule has 4 fully saturated rings. The van der Waals surface area contributed by atoms with Gasteiger partial charge in [0.2, 0.25) is 5.13 Å². The number of anilines is 2. The smallest absolute Gasteiger partial charge is 0.317 e. The predicted molar refractivity (Wildman–Crippen MR) is 179 cm³/mol. The molecule has 1 saturated carbocycles. The molecule has 244 valence electrons. The van der Waals surface area contributed by atoms with Gasteiger partial charge in [-0.3, -0.25) is 9.88 Å². The summed E-state index contributed by atoms with van der Waals surface area (Å²) in [6.07, 6.45) is 5.65. The third-order valence-electron chi connectivity index (χ3n) is 10.0. The number of ether oxygens (including phenoxy) is 1. The van der Waals surface area contributed by atoms with Crippen LogP contribution in [0.5, 0.6) is 0 Å². The maximum Gasteiger partial charge on any atom is 0.317 e. The minimum atomic E-state index is 0.0834. The second-order valence-corrected chi connectivity index (χ2v) is 14.4. The summed E-state index contributed by atoms with van der Waals surface area (Å²) in [4.78, 5) is 24.9. The number of amides is 2. The second kappa shape index (κ2) is 12.4. The summed E-state index contributed by atoms with van der Waals surface area (Å²) in [5.41, 5.74) is 4.81. The number of pyridine rings is 1. The van der Waals surface area contributed by atoms with Crippen molar-refractivity contribution in [2.45, 2.75) is 44.8 Å². The summed E-state index contributed by atoms with van der Waals surface area (Å²) in [6, 6.07) is 10.9. The lowest BCUT2D eigenvalue weighted by Crippen LogP contribution is -2.60.